The highest BCUT2D eigenvalue weighted by atomic mass is 16.5. The summed E-state index contributed by atoms with van der Waals surface area (Å²) >= 11 is 0. The Bertz CT molecular complexity index is 657. The minimum atomic E-state index is -0.0482. The molecule has 120 valence electrons. The molecule has 23 heavy (non-hydrogen) atoms. The fourth-order valence-electron chi connectivity index (χ4n) is 3.14. The highest BCUT2D eigenvalue weighted by Crippen LogP contribution is 2.26. The largest absolute Gasteiger partial charge is 0.495 e. The first-order chi connectivity index (χ1) is 11.3. The number of nitrogens with one attached hydrogen (secondary N) is 1. The number of anilines is 1. The maximum absolute atomic E-state index is 12.6. The van der Waals surface area contributed by atoms with Crippen molar-refractivity contribution in [2.45, 2.75) is 25.3 Å². The summed E-state index contributed by atoms with van der Waals surface area (Å²) in [5.41, 5.74) is 1.99. The van der Waals surface area contributed by atoms with Crippen molar-refractivity contribution in [2.75, 3.05) is 19.0 Å². The van der Waals surface area contributed by atoms with E-state index in [9.17, 15) is 4.79 Å². The molecular weight excluding hydrogens is 288 g/mol. The van der Waals surface area contributed by atoms with E-state index in [1.807, 2.05) is 47.4 Å². The van der Waals surface area contributed by atoms with Crippen LogP contribution in [0.3, 0.4) is 0 Å². The van der Waals surface area contributed by atoms with E-state index in [4.69, 9.17) is 4.74 Å². The van der Waals surface area contributed by atoms with E-state index in [1.165, 1.54) is 5.56 Å². The second-order valence-electron chi connectivity index (χ2n) is 5.81. The van der Waals surface area contributed by atoms with Gasteiger partial charge in [0.05, 0.1) is 12.8 Å². The Kier molecular flexibility index (Phi) is 4.81. The molecule has 0 radical (unpaired) electrons. The lowest BCUT2D eigenvalue weighted by atomic mass is 10.0. The molecule has 4 nitrogen and oxygen atoms in total. The highest BCUT2D eigenvalue weighted by Gasteiger charge is 2.29. The zero-order valence-corrected chi connectivity index (χ0v) is 13.4. The third kappa shape index (κ3) is 3.65. The number of urea groups is 1. The molecule has 1 atom stereocenters. The number of amides is 2. The van der Waals surface area contributed by atoms with Crippen molar-refractivity contribution in [3.63, 3.8) is 0 Å². The number of methoxy groups -OCH3 is 1. The van der Waals surface area contributed by atoms with Crippen molar-refractivity contribution < 1.29 is 9.53 Å². The van der Waals surface area contributed by atoms with Gasteiger partial charge in [-0.3, -0.25) is 0 Å². The molecule has 1 fully saturated rings. The molecule has 2 aromatic rings. The van der Waals surface area contributed by atoms with Gasteiger partial charge in [0.1, 0.15) is 5.75 Å². The SMILES string of the molecule is COc1ccccc1NC(=O)N1CCCC1Cc1ccccc1. The van der Waals surface area contributed by atoms with Crippen LogP contribution in [0.25, 0.3) is 0 Å². The van der Waals surface area contributed by atoms with Crippen LogP contribution in [0, 0.1) is 0 Å². The molecule has 3 rings (SSSR count). The van der Waals surface area contributed by atoms with Crippen molar-refractivity contribution in [1.82, 2.24) is 4.90 Å². The van der Waals surface area contributed by atoms with Crippen LogP contribution >= 0.6 is 0 Å². The second-order valence-corrected chi connectivity index (χ2v) is 5.81. The van der Waals surface area contributed by atoms with E-state index >= 15 is 0 Å². The fourth-order valence-corrected chi connectivity index (χ4v) is 3.14. The first-order valence-electron chi connectivity index (χ1n) is 8.02. The smallest absolute Gasteiger partial charge is 0.322 e. The van der Waals surface area contributed by atoms with Crippen molar-refractivity contribution in [1.29, 1.82) is 0 Å². The molecule has 1 N–H and O–H groups in total. The molecule has 0 saturated carbocycles. The molecule has 0 bridgehead atoms. The predicted octanol–water partition coefficient (Wildman–Crippen LogP) is 3.93. The number of ether oxygens (including phenoxy) is 1. The van der Waals surface area contributed by atoms with E-state index < -0.39 is 0 Å². The molecule has 1 aliphatic heterocycles. The predicted molar refractivity (Wildman–Crippen MR) is 91.9 cm³/mol. The van der Waals surface area contributed by atoms with Crippen LogP contribution in [0.1, 0.15) is 18.4 Å². The van der Waals surface area contributed by atoms with Gasteiger partial charge in [-0.15, -0.1) is 0 Å². The van der Waals surface area contributed by atoms with E-state index in [-0.39, 0.29) is 12.1 Å². The molecule has 1 heterocycles. The Balaban J connectivity index is 1.68. The number of para-hydroxylation sites is 2. The number of nitrogens with zero attached hydrogens (tertiary/aromatic N) is 1. The van der Waals surface area contributed by atoms with Gasteiger partial charge in [-0.1, -0.05) is 42.5 Å². The van der Waals surface area contributed by atoms with Crippen molar-refractivity contribution in [2.24, 2.45) is 0 Å². The summed E-state index contributed by atoms with van der Waals surface area (Å²) in [5.74, 6) is 0.680. The van der Waals surface area contributed by atoms with Crippen LogP contribution < -0.4 is 10.1 Å². The lowest BCUT2D eigenvalue weighted by Gasteiger charge is -2.25. The van der Waals surface area contributed by atoms with Gasteiger partial charge in [-0.05, 0) is 37.0 Å². The highest BCUT2D eigenvalue weighted by molar-refractivity contribution is 5.91. The van der Waals surface area contributed by atoms with Crippen molar-refractivity contribution in [3.8, 4) is 5.75 Å². The maximum atomic E-state index is 12.6. The molecule has 0 aromatic heterocycles. The van der Waals surface area contributed by atoms with Gasteiger partial charge in [-0.2, -0.15) is 0 Å². The summed E-state index contributed by atoms with van der Waals surface area (Å²) in [6.07, 6.45) is 3.01. The molecule has 0 spiro atoms. The van der Waals surface area contributed by atoms with E-state index in [0.29, 0.717) is 11.4 Å². The maximum Gasteiger partial charge on any atom is 0.322 e. The van der Waals surface area contributed by atoms with Gasteiger partial charge in [0.25, 0.3) is 0 Å². The number of hydrogen-bond acceptors (Lipinski definition) is 2. The van der Waals surface area contributed by atoms with E-state index in [1.54, 1.807) is 7.11 Å². The van der Waals surface area contributed by atoms with Crippen molar-refractivity contribution >= 4 is 11.7 Å². The van der Waals surface area contributed by atoms with Crippen LogP contribution in [0.4, 0.5) is 10.5 Å². The van der Waals surface area contributed by atoms with Gasteiger partial charge >= 0.3 is 6.03 Å². The Morgan fingerprint density at radius 2 is 1.91 bits per heavy atom. The van der Waals surface area contributed by atoms with E-state index in [0.717, 1.165) is 25.8 Å². The van der Waals surface area contributed by atoms with Crippen LogP contribution in [0.2, 0.25) is 0 Å². The zero-order chi connectivity index (χ0) is 16.1. The Hall–Kier alpha value is -2.49. The Morgan fingerprint density at radius 1 is 1.17 bits per heavy atom. The molecule has 4 heteroatoms. The fraction of sp³-hybridized carbons (Fsp3) is 0.316. The second kappa shape index (κ2) is 7.18. The first kappa shape index (κ1) is 15.4. The van der Waals surface area contributed by atoms with Crippen LogP contribution in [-0.4, -0.2) is 30.6 Å². The molecule has 1 unspecified atom stereocenters. The van der Waals surface area contributed by atoms with Gasteiger partial charge in [0.15, 0.2) is 0 Å². The first-order valence-corrected chi connectivity index (χ1v) is 8.02. The summed E-state index contributed by atoms with van der Waals surface area (Å²) in [6, 6.07) is 18.0. The summed E-state index contributed by atoms with van der Waals surface area (Å²) in [5, 5.41) is 2.98. The normalized spacial score (nSPS) is 17.1. The minimum absolute atomic E-state index is 0.0482. The van der Waals surface area contributed by atoms with Crippen molar-refractivity contribution in [3.05, 3.63) is 60.2 Å². The third-order valence-electron chi connectivity index (χ3n) is 4.30. The molecular formula is C19H22N2O2. The summed E-state index contributed by atoms with van der Waals surface area (Å²) in [7, 11) is 1.61. The average Bonchev–Trinajstić information content (AvgIpc) is 3.04. The van der Waals surface area contributed by atoms with Crippen LogP contribution in [0.5, 0.6) is 5.75 Å². The van der Waals surface area contributed by atoms with Gasteiger partial charge in [0, 0.05) is 12.6 Å². The average molecular weight is 310 g/mol. The Labute approximate surface area is 137 Å². The lowest BCUT2D eigenvalue weighted by molar-refractivity contribution is 0.206. The number of likely N-dealkylation sites (tertiary alicyclic amines) is 1. The molecule has 1 saturated heterocycles. The quantitative estimate of drug-likeness (QED) is 0.929. The summed E-state index contributed by atoms with van der Waals surface area (Å²) in [4.78, 5) is 14.6. The topological polar surface area (TPSA) is 41.6 Å². The number of carbonyl (C=O) groups is 1. The van der Waals surface area contributed by atoms with Gasteiger partial charge in [0.2, 0.25) is 0 Å². The molecule has 2 amide bonds. The van der Waals surface area contributed by atoms with E-state index in [2.05, 4.69) is 17.4 Å². The summed E-state index contributed by atoms with van der Waals surface area (Å²) < 4.78 is 5.30. The third-order valence-corrected chi connectivity index (χ3v) is 4.30. The summed E-state index contributed by atoms with van der Waals surface area (Å²) in [6.45, 7) is 0.804. The number of benzene rings is 2. The zero-order valence-electron chi connectivity index (χ0n) is 13.4. The van der Waals surface area contributed by atoms with Gasteiger partial charge in [-0.25, -0.2) is 4.79 Å². The van der Waals surface area contributed by atoms with Gasteiger partial charge < -0.3 is 15.0 Å². The molecule has 0 aliphatic carbocycles. The Morgan fingerprint density at radius 3 is 2.70 bits per heavy atom. The van der Waals surface area contributed by atoms with Crippen LogP contribution in [-0.2, 0) is 6.42 Å². The molecule has 1 aliphatic rings. The number of rotatable bonds is 4. The number of hydrogen-bond donors (Lipinski definition) is 1. The standard InChI is InChI=1S/C19H22N2O2/c1-23-18-12-6-5-11-17(18)20-19(22)21-13-7-10-16(21)14-15-8-3-2-4-9-15/h2-6,8-9,11-12,16H,7,10,13-14H2,1H3,(H,20,22). The monoisotopic (exact) mass is 310 g/mol. The van der Waals surface area contributed by atoms with Crippen LogP contribution in [0.15, 0.2) is 54.6 Å². The minimum Gasteiger partial charge on any atom is -0.495 e. The number of carbonyl (C=O) groups excluding carboxylic acids is 1. The molecule has 2 aromatic carbocycles. The lowest BCUT2D eigenvalue weighted by Crippen LogP contribution is -2.39.